The van der Waals surface area contributed by atoms with Crippen molar-refractivity contribution in [3.8, 4) is 6.07 Å². The molecular formula is C19H24N2O3. The first-order valence-electron chi connectivity index (χ1n) is 8.73. The predicted molar refractivity (Wildman–Crippen MR) is 89.1 cm³/mol. The number of benzene rings is 1. The number of nitriles is 1. The van der Waals surface area contributed by atoms with E-state index in [0.717, 1.165) is 24.8 Å². The Balaban J connectivity index is 1.60. The summed E-state index contributed by atoms with van der Waals surface area (Å²) in [6.45, 7) is 1.71. The third-order valence-corrected chi connectivity index (χ3v) is 5.22. The number of amides is 1. The van der Waals surface area contributed by atoms with Gasteiger partial charge in [-0.25, -0.2) is 0 Å². The van der Waals surface area contributed by atoms with Gasteiger partial charge in [0.25, 0.3) is 0 Å². The summed E-state index contributed by atoms with van der Waals surface area (Å²) < 4.78 is 5.58. The number of hydrogen-bond donors (Lipinski definition) is 1. The molecule has 0 unspecified atom stereocenters. The SMILES string of the molecule is N#Cc1ccc(CCC(=O)N2CCOC[C@@H]2[C@@H]2CCC[C@@H]2O)cc1. The van der Waals surface area contributed by atoms with Gasteiger partial charge in [0.2, 0.25) is 5.91 Å². The molecule has 0 spiro atoms. The number of aryl methyl sites for hydroxylation is 1. The second kappa shape index (κ2) is 7.78. The van der Waals surface area contributed by atoms with Crippen LogP contribution >= 0.6 is 0 Å². The summed E-state index contributed by atoms with van der Waals surface area (Å²) in [7, 11) is 0. The van der Waals surface area contributed by atoms with Crippen LogP contribution in [0, 0.1) is 17.2 Å². The zero-order valence-corrected chi connectivity index (χ0v) is 13.9. The van der Waals surface area contributed by atoms with Crippen LogP contribution in [0.5, 0.6) is 0 Å². The van der Waals surface area contributed by atoms with Crippen LogP contribution in [0.4, 0.5) is 0 Å². The van der Waals surface area contributed by atoms with Crippen molar-refractivity contribution in [1.29, 1.82) is 5.26 Å². The topological polar surface area (TPSA) is 73.6 Å². The number of morpholine rings is 1. The molecule has 1 saturated carbocycles. The van der Waals surface area contributed by atoms with Gasteiger partial charge in [0.15, 0.2) is 0 Å². The van der Waals surface area contributed by atoms with Crippen molar-refractivity contribution in [3.05, 3.63) is 35.4 Å². The highest BCUT2D eigenvalue weighted by Gasteiger charge is 2.39. The van der Waals surface area contributed by atoms with Crippen LogP contribution in [0.15, 0.2) is 24.3 Å². The summed E-state index contributed by atoms with van der Waals surface area (Å²) in [5.74, 6) is 0.274. The largest absolute Gasteiger partial charge is 0.393 e. The number of aliphatic hydroxyl groups is 1. The second-order valence-electron chi connectivity index (χ2n) is 6.70. The van der Waals surface area contributed by atoms with E-state index >= 15 is 0 Å². The predicted octanol–water partition coefficient (Wildman–Crippen LogP) is 1.88. The normalized spacial score (nSPS) is 27.0. The van der Waals surface area contributed by atoms with Crippen LogP contribution in [0.25, 0.3) is 0 Å². The summed E-state index contributed by atoms with van der Waals surface area (Å²) in [6.07, 6.45) is 3.62. The van der Waals surface area contributed by atoms with Crippen molar-refractivity contribution in [2.75, 3.05) is 19.8 Å². The first-order valence-corrected chi connectivity index (χ1v) is 8.73. The molecule has 2 fully saturated rings. The molecule has 1 aromatic carbocycles. The van der Waals surface area contributed by atoms with E-state index < -0.39 is 0 Å². The summed E-state index contributed by atoms with van der Waals surface area (Å²) in [6, 6.07) is 9.48. The van der Waals surface area contributed by atoms with E-state index in [2.05, 4.69) is 6.07 Å². The summed E-state index contributed by atoms with van der Waals surface area (Å²) in [4.78, 5) is 14.6. The lowest BCUT2D eigenvalue weighted by Crippen LogP contribution is -2.53. The van der Waals surface area contributed by atoms with E-state index in [1.54, 1.807) is 12.1 Å². The minimum atomic E-state index is -0.314. The Morgan fingerprint density at radius 1 is 1.33 bits per heavy atom. The maximum Gasteiger partial charge on any atom is 0.223 e. The third kappa shape index (κ3) is 3.77. The number of ether oxygens (including phenoxy) is 1. The molecule has 3 atom stereocenters. The number of rotatable bonds is 4. The van der Waals surface area contributed by atoms with Crippen LogP contribution in [0.1, 0.15) is 36.8 Å². The number of carbonyl (C=O) groups is 1. The van der Waals surface area contributed by atoms with Crippen molar-refractivity contribution in [3.63, 3.8) is 0 Å². The Bertz CT molecular complexity index is 608. The molecule has 1 saturated heterocycles. The molecular weight excluding hydrogens is 304 g/mol. The minimum Gasteiger partial charge on any atom is -0.393 e. The molecule has 128 valence electrons. The van der Waals surface area contributed by atoms with Gasteiger partial charge in [0.1, 0.15) is 0 Å². The molecule has 1 aliphatic carbocycles. The quantitative estimate of drug-likeness (QED) is 0.916. The van der Waals surface area contributed by atoms with E-state index in [0.29, 0.717) is 38.2 Å². The molecule has 2 aliphatic rings. The van der Waals surface area contributed by atoms with Crippen molar-refractivity contribution in [2.24, 2.45) is 5.92 Å². The van der Waals surface area contributed by atoms with Gasteiger partial charge in [-0.15, -0.1) is 0 Å². The van der Waals surface area contributed by atoms with E-state index in [-0.39, 0.29) is 24.0 Å². The Morgan fingerprint density at radius 3 is 2.79 bits per heavy atom. The smallest absolute Gasteiger partial charge is 0.223 e. The molecule has 1 heterocycles. The number of hydrogen-bond acceptors (Lipinski definition) is 4. The molecule has 24 heavy (non-hydrogen) atoms. The van der Waals surface area contributed by atoms with Crippen molar-refractivity contribution in [1.82, 2.24) is 4.90 Å². The van der Waals surface area contributed by atoms with Gasteiger partial charge in [-0.05, 0) is 37.0 Å². The molecule has 5 nitrogen and oxygen atoms in total. The molecule has 5 heteroatoms. The first-order chi connectivity index (χ1) is 11.7. The van der Waals surface area contributed by atoms with Gasteiger partial charge in [0, 0.05) is 18.9 Å². The van der Waals surface area contributed by atoms with Gasteiger partial charge >= 0.3 is 0 Å². The van der Waals surface area contributed by atoms with Gasteiger partial charge in [-0.1, -0.05) is 18.6 Å². The zero-order valence-electron chi connectivity index (χ0n) is 13.9. The lowest BCUT2D eigenvalue weighted by molar-refractivity contribution is -0.143. The fourth-order valence-corrected chi connectivity index (χ4v) is 3.85. The van der Waals surface area contributed by atoms with E-state index in [1.807, 2.05) is 17.0 Å². The Labute approximate surface area is 142 Å². The molecule has 0 bridgehead atoms. The lowest BCUT2D eigenvalue weighted by atomic mass is 9.93. The van der Waals surface area contributed by atoms with Gasteiger partial charge < -0.3 is 14.7 Å². The third-order valence-electron chi connectivity index (χ3n) is 5.22. The summed E-state index contributed by atoms with van der Waals surface area (Å²) in [5, 5.41) is 19.0. The first kappa shape index (κ1) is 16.9. The standard InChI is InChI=1S/C19H24N2O3/c20-12-15-6-4-14(5-7-15)8-9-19(23)21-10-11-24-13-17(21)16-2-1-3-18(16)22/h4-7,16-18,22H,1-3,8-11,13H2/t16-,17+,18-/m0/s1. The van der Waals surface area contributed by atoms with Crippen molar-refractivity contribution >= 4 is 5.91 Å². The average Bonchev–Trinajstić information content (AvgIpc) is 3.06. The molecule has 1 aliphatic heterocycles. The molecule has 1 N–H and O–H groups in total. The fraction of sp³-hybridized carbons (Fsp3) is 0.579. The number of nitrogens with zero attached hydrogens (tertiary/aromatic N) is 2. The summed E-state index contributed by atoms with van der Waals surface area (Å²) in [5.41, 5.74) is 1.70. The zero-order chi connectivity index (χ0) is 16.9. The Kier molecular flexibility index (Phi) is 5.49. The monoisotopic (exact) mass is 328 g/mol. The van der Waals surface area contributed by atoms with Crippen LogP contribution in [-0.4, -0.2) is 47.8 Å². The van der Waals surface area contributed by atoms with Crippen molar-refractivity contribution < 1.29 is 14.6 Å². The highest BCUT2D eigenvalue weighted by atomic mass is 16.5. The Hall–Kier alpha value is -1.90. The van der Waals surface area contributed by atoms with E-state index in [9.17, 15) is 9.90 Å². The maximum atomic E-state index is 12.7. The minimum absolute atomic E-state index is 0.00437. The lowest BCUT2D eigenvalue weighted by Gasteiger charge is -2.40. The maximum absolute atomic E-state index is 12.7. The van der Waals surface area contributed by atoms with Gasteiger partial charge in [0.05, 0.1) is 37.0 Å². The van der Waals surface area contributed by atoms with Crippen LogP contribution in [0.2, 0.25) is 0 Å². The summed E-state index contributed by atoms with van der Waals surface area (Å²) >= 11 is 0. The highest BCUT2D eigenvalue weighted by Crippen LogP contribution is 2.32. The molecule has 0 aromatic heterocycles. The second-order valence-corrected chi connectivity index (χ2v) is 6.70. The molecule has 3 rings (SSSR count). The van der Waals surface area contributed by atoms with Gasteiger partial charge in [-0.2, -0.15) is 5.26 Å². The highest BCUT2D eigenvalue weighted by molar-refractivity contribution is 5.77. The van der Waals surface area contributed by atoms with Crippen LogP contribution < -0.4 is 0 Å². The molecule has 1 aromatic rings. The number of carbonyl (C=O) groups excluding carboxylic acids is 1. The molecule has 0 radical (unpaired) electrons. The number of aliphatic hydroxyl groups excluding tert-OH is 1. The van der Waals surface area contributed by atoms with Gasteiger partial charge in [-0.3, -0.25) is 4.79 Å². The van der Waals surface area contributed by atoms with E-state index in [4.69, 9.17) is 10.00 Å². The van der Waals surface area contributed by atoms with Crippen LogP contribution in [-0.2, 0) is 16.0 Å². The Morgan fingerprint density at radius 2 is 2.12 bits per heavy atom. The van der Waals surface area contributed by atoms with Crippen LogP contribution in [0.3, 0.4) is 0 Å². The van der Waals surface area contributed by atoms with Crippen molar-refractivity contribution in [2.45, 2.75) is 44.2 Å². The fourth-order valence-electron chi connectivity index (χ4n) is 3.85. The molecule has 1 amide bonds. The average molecular weight is 328 g/mol. The van der Waals surface area contributed by atoms with E-state index in [1.165, 1.54) is 0 Å².